The van der Waals surface area contributed by atoms with Crippen LogP contribution >= 0.6 is 22.7 Å². The summed E-state index contributed by atoms with van der Waals surface area (Å²) in [5.74, 6) is 0.807. The molecule has 0 amide bonds. The van der Waals surface area contributed by atoms with Crippen LogP contribution in [0.5, 0.6) is 0 Å². The van der Waals surface area contributed by atoms with E-state index in [-0.39, 0.29) is 11.9 Å². The molecule has 2 aromatic carbocycles. The second-order valence-electron chi connectivity index (χ2n) is 11.7. The number of hydrogen-bond acceptors (Lipinski definition) is 6. The minimum absolute atomic E-state index is 0.307. The van der Waals surface area contributed by atoms with Crippen LogP contribution in [0.25, 0.3) is 30.6 Å². The van der Waals surface area contributed by atoms with E-state index in [1.807, 2.05) is 34.1 Å². The number of anilines is 6. The van der Waals surface area contributed by atoms with Gasteiger partial charge < -0.3 is 9.13 Å². The van der Waals surface area contributed by atoms with E-state index in [1.165, 1.54) is 31.0 Å². The van der Waals surface area contributed by atoms with E-state index < -0.39 is 0 Å². The van der Waals surface area contributed by atoms with E-state index >= 15 is 0 Å². The molecule has 0 spiro atoms. The van der Waals surface area contributed by atoms with Crippen LogP contribution in [0.3, 0.4) is 0 Å². The van der Waals surface area contributed by atoms with E-state index in [2.05, 4.69) is 82.8 Å². The lowest BCUT2D eigenvalue weighted by molar-refractivity contribution is 0.536. The molecule has 6 aromatic heterocycles. The fraction of sp³-hybridized carbons (Fsp3) is 0.0500. The van der Waals surface area contributed by atoms with Gasteiger partial charge in [-0.1, -0.05) is 24.3 Å². The van der Waals surface area contributed by atoms with Crippen molar-refractivity contribution in [1.82, 2.24) is 19.1 Å². The monoisotopic (exact) mass is 696 g/mol. The lowest BCUT2D eigenvalue weighted by atomic mass is 10.1. The Labute approximate surface area is 296 Å². The van der Waals surface area contributed by atoms with Crippen LogP contribution in [0.2, 0.25) is 0 Å². The second-order valence-corrected chi connectivity index (χ2v) is 13.8. The Hall–Kier alpha value is -5.84. The highest BCUT2D eigenvalue weighted by molar-refractivity contribution is 7.25. The van der Waals surface area contributed by atoms with Gasteiger partial charge in [-0.3, -0.25) is 19.8 Å². The summed E-state index contributed by atoms with van der Waals surface area (Å²) in [7, 11) is 3.43. The summed E-state index contributed by atoms with van der Waals surface area (Å²) in [4.78, 5) is 17.3. The first-order valence-electron chi connectivity index (χ1n) is 15.9. The molecular weight excluding hydrogens is 667 g/mol. The molecule has 0 saturated heterocycles. The average Bonchev–Trinajstić information content (AvgIpc) is 3.97. The highest BCUT2D eigenvalue weighted by Crippen LogP contribution is 2.42. The van der Waals surface area contributed by atoms with Crippen LogP contribution in [0.4, 0.5) is 43.2 Å². The summed E-state index contributed by atoms with van der Waals surface area (Å²) < 4.78 is 31.7. The second kappa shape index (κ2) is 13.2. The Morgan fingerprint density at radius 1 is 0.460 bits per heavy atom. The summed E-state index contributed by atoms with van der Waals surface area (Å²) in [6, 6.07) is 39.5. The maximum absolute atomic E-state index is 14.3. The molecule has 0 fully saturated rings. The summed E-state index contributed by atoms with van der Waals surface area (Å²) in [6.07, 6.45) is 7.01. The molecule has 50 heavy (non-hydrogen) atoms. The first kappa shape index (κ1) is 31.4. The SMILES string of the molecule is Cn1c(F)ccc1N(c1ccc(-c2ccc(-c3ccc(-c4ccc(N(c5cccnc5)c5ccc(F)n5C)cc4)s3)s2)cc1)c1cccnc1. The molecule has 8 aromatic rings. The van der Waals surface area contributed by atoms with Crippen molar-refractivity contribution in [2.45, 2.75) is 0 Å². The number of halogens is 2. The molecule has 10 heteroatoms. The molecule has 6 heterocycles. The van der Waals surface area contributed by atoms with Crippen molar-refractivity contribution in [3.05, 3.63) is 158 Å². The van der Waals surface area contributed by atoms with Crippen molar-refractivity contribution in [2.24, 2.45) is 14.1 Å². The van der Waals surface area contributed by atoms with Gasteiger partial charge in [0.2, 0.25) is 0 Å². The average molecular weight is 697 g/mol. The Morgan fingerprint density at radius 2 is 0.860 bits per heavy atom. The smallest absolute Gasteiger partial charge is 0.195 e. The van der Waals surface area contributed by atoms with Crippen molar-refractivity contribution in [3.8, 4) is 30.6 Å². The summed E-state index contributed by atoms with van der Waals surface area (Å²) in [6.45, 7) is 0. The molecule has 8 rings (SSSR count). The van der Waals surface area contributed by atoms with Crippen LogP contribution in [0.1, 0.15) is 0 Å². The van der Waals surface area contributed by atoms with Crippen molar-refractivity contribution in [2.75, 3.05) is 9.80 Å². The summed E-state index contributed by atoms with van der Waals surface area (Å²) in [5, 5.41) is 0. The van der Waals surface area contributed by atoms with E-state index in [0.717, 1.165) is 43.6 Å². The van der Waals surface area contributed by atoms with Gasteiger partial charge in [-0.05, 0) is 108 Å². The van der Waals surface area contributed by atoms with Crippen LogP contribution in [-0.4, -0.2) is 19.1 Å². The van der Waals surface area contributed by atoms with Gasteiger partial charge in [0.05, 0.1) is 23.8 Å². The molecule has 0 radical (unpaired) electrons. The van der Waals surface area contributed by atoms with Crippen LogP contribution in [0.15, 0.2) is 146 Å². The van der Waals surface area contributed by atoms with E-state index in [1.54, 1.807) is 73.7 Å². The zero-order valence-electron chi connectivity index (χ0n) is 27.1. The molecule has 0 atom stereocenters. The van der Waals surface area contributed by atoms with Crippen LogP contribution in [0, 0.1) is 11.9 Å². The van der Waals surface area contributed by atoms with E-state index in [9.17, 15) is 8.78 Å². The Bertz CT molecular complexity index is 2210. The van der Waals surface area contributed by atoms with Crippen LogP contribution < -0.4 is 9.80 Å². The van der Waals surface area contributed by atoms with E-state index in [4.69, 9.17) is 0 Å². The number of hydrogen-bond donors (Lipinski definition) is 0. The van der Waals surface area contributed by atoms with Gasteiger partial charge in [0.1, 0.15) is 11.6 Å². The molecule has 0 aliphatic carbocycles. The molecule has 0 bridgehead atoms. The van der Waals surface area contributed by atoms with Gasteiger partial charge in [-0.2, -0.15) is 8.78 Å². The number of nitrogens with zero attached hydrogens (tertiary/aromatic N) is 6. The maximum atomic E-state index is 14.3. The van der Waals surface area contributed by atoms with Crippen molar-refractivity contribution < 1.29 is 8.78 Å². The molecule has 0 aliphatic rings. The minimum atomic E-state index is -0.307. The third-order valence-electron chi connectivity index (χ3n) is 8.61. The lowest BCUT2D eigenvalue weighted by Gasteiger charge is -2.25. The molecule has 0 N–H and O–H groups in total. The largest absolute Gasteiger partial charge is 0.307 e. The molecular formula is C40H30F2N6S2. The summed E-state index contributed by atoms with van der Waals surface area (Å²) >= 11 is 3.51. The number of benzene rings is 2. The van der Waals surface area contributed by atoms with Crippen molar-refractivity contribution in [1.29, 1.82) is 0 Å². The topological polar surface area (TPSA) is 42.1 Å². The number of pyridine rings is 2. The predicted octanol–water partition coefficient (Wildman–Crippen LogP) is 11.5. The number of aromatic nitrogens is 4. The van der Waals surface area contributed by atoms with Crippen LogP contribution in [-0.2, 0) is 14.1 Å². The molecule has 246 valence electrons. The molecule has 0 aliphatic heterocycles. The quantitative estimate of drug-likeness (QED) is 0.151. The van der Waals surface area contributed by atoms with Gasteiger partial charge in [0, 0.05) is 57.4 Å². The third kappa shape index (κ3) is 5.89. The Morgan fingerprint density at radius 3 is 1.20 bits per heavy atom. The number of rotatable bonds is 9. The third-order valence-corrected chi connectivity index (χ3v) is 11.1. The fourth-order valence-corrected chi connectivity index (χ4v) is 8.11. The van der Waals surface area contributed by atoms with Gasteiger partial charge in [0.25, 0.3) is 0 Å². The van der Waals surface area contributed by atoms with Gasteiger partial charge >= 0.3 is 0 Å². The minimum Gasteiger partial charge on any atom is -0.307 e. The lowest BCUT2D eigenvalue weighted by Crippen LogP contribution is -2.14. The predicted molar refractivity (Wildman–Crippen MR) is 201 cm³/mol. The fourth-order valence-electron chi connectivity index (χ4n) is 6.00. The molecule has 0 saturated carbocycles. The highest BCUT2D eigenvalue weighted by atomic mass is 32.1. The summed E-state index contributed by atoms with van der Waals surface area (Å²) in [5.41, 5.74) is 5.73. The first-order valence-corrected chi connectivity index (χ1v) is 17.5. The Balaban J connectivity index is 1.03. The van der Waals surface area contributed by atoms with Crippen molar-refractivity contribution in [3.63, 3.8) is 0 Å². The number of thiophene rings is 2. The standard InChI is InChI=1S/C40H30F2N6S2/c1-45-37(41)19-21-39(45)47(31-5-3-23-43-25-31)29-11-7-27(8-12-29)33-15-17-35(49-33)36-18-16-34(50-36)28-9-13-30(14-10-28)48(32-6-4-24-44-26-32)40-22-20-38(42)46(40)2/h3-26H,1-2H3. The zero-order chi connectivity index (χ0) is 34.2. The molecule has 6 nitrogen and oxygen atoms in total. The van der Waals surface area contributed by atoms with E-state index in [0.29, 0.717) is 11.6 Å². The van der Waals surface area contributed by atoms with Gasteiger partial charge in [0.15, 0.2) is 11.9 Å². The zero-order valence-corrected chi connectivity index (χ0v) is 28.7. The first-order chi connectivity index (χ1) is 24.4. The van der Waals surface area contributed by atoms with Gasteiger partial charge in [-0.15, -0.1) is 22.7 Å². The van der Waals surface area contributed by atoms with Gasteiger partial charge in [-0.25, -0.2) is 0 Å². The Kier molecular flexibility index (Phi) is 8.31. The van der Waals surface area contributed by atoms with Crippen molar-refractivity contribution >= 4 is 57.1 Å². The highest BCUT2D eigenvalue weighted by Gasteiger charge is 2.19. The normalized spacial score (nSPS) is 11.2. The maximum Gasteiger partial charge on any atom is 0.195 e. The molecule has 0 unspecified atom stereocenters.